The van der Waals surface area contributed by atoms with Crippen LogP contribution in [0, 0.1) is 0 Å². The number of nitrogens with one attached hydrogen (secondary N) is 2. The van der Waals surface area contributed by atoms with Crippen molar-refractivity contribution >= 4 is 11.8 Å². The molecule has 1 heterocycles. The molecule has 1 unspecified atom stereocenters. The van der Waals surface area contributed by atoms with Gasteiger partial charge in [0.2, 0.25) is 0 Å². The van der Waals surface area contributed by atoms with Crippen molar-refractivity contribution in [3.8, 4) is 0 Å². The fourth-order valence-electron chi connectivity index (χ4n) is 2.04. The fourth-order valence-corrected chi connectivity index (χ4v) is 2.76. The third-order valence-corrected chi connectivity index (χ3v) is 3.97. The number of H-pyrrole nitrogens is 1. The Morgan fingerprint density at radius 2 is 2.33 bits per heavy atom. The summed E-state index contributed by atoms with van der Waals surface area (Å²) in [6.45, 7) is 6.54. The number of aromatic nitrogens is 3. The van der Waals surface area contributed by atoms with Crippen molar-refractivity contribution in [2.75, 3.05) is 12.4 Å². The normalized spacial score (nSPS) is 14.9. The summed E-state index contributed by atoms with van der Waals surface area (Å²) in [7, 11) is 0. The lowest BCUT2D eigenvalue weighted by molar-refractivity contribution is 0.137. The highest BCUT2D eigenvalue weighted by molar-refractivity contribution is 7.99. The first-order chi connectivity index (χ1) is 8.62. The maximum Gasteiger partial charge on any atom is 0.183 e. The van der Waals surface area contributed by atoms with E-state index in [-0.39, 0.29) is 12.1 Å². The minimum atomic E-state index is -0.143. The first-order valence-electron chi connectivity index (χ1n) is 6.48. The highest BCUT2D eigenvalue weighted by atomic mass is 32.2. The van der Waals surface area contributed by atoms with E-state index in [0.29, 0.717) is 6.04 Å². The van der Waals surface area contributed by atoms with Gasteiger partial charge in [-0.3, -0.25) is 5.10 Å². The molecular formula is C12H24N4OS. The highest BCUT2D eigenvalue weighted by Crippen LogP contribution is 2.21. The molecule has 0 amide bonds. The van der Waals surface area contributed by atoms with Crippen LogP contribution in [0.5, 0.6) is 0 Å². The van der Waals surface area contributed by atoms with Gasteiger partial charge in [0.25, 0.3) is 0 Å². The van der Waals surface area contributed by atoms with Crippen molar-refractivity contribution in [3.63, 3.8) is 0 Å². The Hall–Kier alpha value is -0.590. The van der Waals surface area contributed by atoms with E-state index in [9.17, 15) is 5.11 Å². The fraction of sp³-hybridized carbons (Fsp3) is 0.833. The Morgan fingerprint density at radius 1 is 1.56 bits per heavy atom. The minimum Gasteiger partial charge on any atom is -0.394 e. The average molecular weight is 272 g/mol. The van der Waals surface area contributed by atoms with Crippen LogP contribution in [0.4, 0.5) is 0 Å². The van der Waals surface area contributed by atoms with E-state index in [2.05, 4.69) is 41.3 Å². The number of aliphatic hydroxyl groups excluding tert-OH is 1. The molecular weight excluding hydrogens is 248 g/mol. The molecule has 6 heteroatoms. The lowest BCUT2D eigenvalue weighted by atomic mass is 9.91. The van der Waals surface area contributed by atoms with Crippen molar-refractivity contribution in [2.45, 2.75) is 56.8 Å². The van der Waals surface area contributed by atoms with E-state index in [1.54, 1.807) is 11.8 Å². The molecule has 104 valence electrons. The van der Waals surface area contributed by atoms with Gasteiger partial charge >= 0.3 is 0 Å². The van der Waals surface area contributed by atoms with Gasteiger partial charge in [0.1, 0.15) is 6.33 Å². The molecule has 1 rings (SSSR count). The number of aromatic amines is 1. The second kappa shape index (κ2) is 7.76. The number of hydrogen-bond acceptors (Lipinski definition) is 5. The molecule has 0 aliphatic rings. The number of nitrogens with zero attached hydrogens (tertiary/aromatic N) is 2. The smallest absolute Gasteiger partial charge is 0.183 e. The summed E-state index contributed by atoms with van der Waals surface area (Å²) in [5.41, 5.74) is -0.143. The lowest BCUT2D eigenvalue weighted by Gasteiger charge is -2.34. The van der Waals surface area contributed by atoms with Crippen molar-refractivity contribution in [1.82, 2.24) is 20.5 Å². The van der Waals surface area contributed by atoms with E-state index in [4.69, 9.17) is 0 Å². The molecule has 0 fully saturated rings. The molecule has 0 aliphatic heterocycles. The molecule has 1 aromatic rings. The minimum absolute atomic E-state index is 0.143. The molecule has 0 saturated carbocycles. The van der Waals surface area contributed by atoms with Crippen LogP contribution in [-0.4, -0.2) is 44.2 Å². The summed E-state index contributed by atoms with van der Waals surface area (Å²) in [5, 5.41) is 20.6. The molecule has 0 aliphatic carbocycles. The molecule has 1 aromatic heterocycles. The largest absolute Gasteiger partial charge is 0.394 e. The van der Waals surface area contributed by atoms with Gasteiger partial charge < -0.3 is 10.4 Å². The van der Waals surface area contributed by atoms with Crippen LogP contribution in [0.15, 0.2) is 11.5 Å². The lowest BCUT2D eigenvalue weighted by Crippen LogP contribution is -2.51. The van der Waals surface area contributed by atoms with E-state index in [1.165, 1.54) is 6.33 Å². The Labute approximate surface area is 113 Å². The van der Waals surface area contributed by atoms with Crippen LogP contribution in [0.2, 0.25) is 0 Å². The zero-order chi connectivity index (χ0) is 13.4. The third-order valence-electron chi connectivity index (χ3n) is 3.01. The topological polar surface area (TPSA) is 73.8 Å². The number of hydrogen-bond donors (Lipinski definition) is 3. The monoisotopic (exact) mass is 272 g/mol. The summed E-state index contributed by atoms with van der Waals surface area (Å²) < 4.78 is 0. The van der Waals surface area contributed by atoms with Gasteiger partial charge in [0.15, 0.2) is 5.16 Å². The van der Waals surface area contributed by atoms with Crippen LogP contribution < -0.4 is 5.32 Å². The second-order valence-corrected chi connectivity index (χ2v) is 5.92. The number of aliphatic hydroxyl groups is 1. The summed E-state index contributed by atoms with van der Waals surface area (Å²) in [6, 6.07) is 0.388. The Kier molecular flexibility index (Phi) is 6.67. The van der Waals surface area contributed by atoms with Crippen LogP contribution in [0.25, 0.3) is 0 Å². The summed E-state index contributed by atoms with van der Waals surface area (Å²) in [4.78, 5) is 4.07. The van der Waals surface area contributed by atoms with E-state index < -0.39 is 0 Å². The molecule has 0 saturated heterocycles. The van der Waals surface area contributed by atoms with Gasteiger partial charge in [-0.1, -0.05) is 32.5 Å². The van der Waals surface area contributed by atoms with Gasteiger partial charge in [-0.2, -0.15) is 5.10 Å². The molecule has 5 nitrogen and oxygen atoms in total. The average Bonchev–Trinajstić information content (AvgIpc) is 2.85. The maximum atomic E-state index is 9.61. The van der Waals surface area contributed by atoms with Crippen LogP contribution in [-0.2, 0) is 0 Å². The number of rotatable bonds is 9. The Morgan fingerprint density at radius 3 is 2.83 bits per heavy atom. The third kappa shape index (κ3) is 4.96. The molecule has 3 N–H and O–H groups in total. The maximum absolute atomic E-state index is 9.61. The summed E-state index contributed by atoms with van der Waals surface area (Å²) >= 11 is 1.67. The second-order valence-electron chi connectivity index (χ2n) is 4.83. The highest BCUT2D eigenvalue weighted by Gasteiger charge is 2.27. The van der Waals surface area contributed by atoms with Gasteiger partial charge in [0.05, 0.1) is 6.61 Å². The SMILES string of the molecule is CCC(CO)(CCCSc1ncn[nH]1)NC(C)C. The van der Waals surface area contributed by atoms with Crippen LogP contribution in [0.3, 0.4) is 0 Å². The molecule has 0 bridgehead atoms. The van der Waals surface area contributed by atoms with Crippen molar-refractivity contribution < 1.29 is 5.11 Å². The predicted molar refractivity (Wildman–Crippen MR) is 74.7 cm³/mol. The van der Waals surface area contributed by atoms with Gasteiger partial charge in [-0.05, 0) is 19.3 Å². The van der Waals surface area contributed by atoms with Gasteiger partial charge in [-0.25, -0.2) is 4.98 Å². The van der Waals surface area contributed by atoms with E-state index >= 15 is 0 Å². The molecule has 18 heavy (non-hydrogen) atoms. The quantitative estimate of drug-likeness (QED) is 0.472. The zero-order valence-electron chi connectivity index (χ0n) is 11.4. The van der Waals surface area contributed by atoms with Crippen LogP contribution >= 0.6 is 11.8 Å². The van der Waals surface area contributed by atoms with Gasteiger partial charge in [-0.15, -0.1) is 0 Å². The number of thioether (sulfide) groups is 1. The molecule has 1 atom stereocenters. The van der Waals surface area contributed by atoms with E-state index in [0.717, 1.165) is 30.2 Å². The summed E-state index contributed by atoms with van der Waals surface area (Å²) in [6.07, 6.45) is 4.47. The Balaban J connectivity index is 2.33. The molecule has 0 radical (unpaired) electrons. The first-order valence-corrected chi connectivity index (χ1v) is 7.47. The van der Waals surface area contributed by atoms with Crippen LogP contribution in [0.1, 0.15) is 40.0 Å². The molecule has 0 spiro atoms. The predicted octanol–water partition coefficient (Wildman–Crippen LogP) is 1.82. The zero-order valence-corrected chi connectivity index (χ0v) is 12.3. The summed E-state index contributed by atoms with van der Waals surface area (Å²) in [5.74, 6) is 0.983. The van der Waals surface area contributed by atoms with Crippen molar-refractivity contribution in [3.05, 3.63) is 6.33 Å². The Bertz CT molecular complexity index is 312. The van der Waals surface area contributed by atoms with Crippen molar-refractivity contribution in [2.24, 2.45) is 0 Å². The van der Waals surface area contributed by atoms with Gasteiger partial charge in [0, 0.05) is 17.3 Å². The standard InChI is InChI=1S/C12H24N4OS/c1-4-12(8-17,15-10(2)3)6-5-7-18-11-13-9-14-16-11/h9-10,15,17H,4-8H2,1-3H3,(H,13,14,16). The van der Waals surface area contributed by atoms with E-state index in [1.807, 2.05) is 0 Å². The first kappa shape index (κ1) is 15.5. The molecule has 0 aromatic carbocycles. The van der Waals surface area contributed by atoms with Crippen molar-refractivity contribution in [1.29, 1.82) is 0 Å².